The van der Waals surface area contributed by atoms with Gasteiger partial charge in [0.1, 0.15) is 5.69 Å². The molecule has 0 aromatic carbocycles. The van der Waals surface area contributed by atoms with E-state index in [9.17, 15) is 18.7 Å². The molecule has 0 bridgehead atoms. The van der Waals surface area contributed by atoms with E-state index in [-0.39, 0.29) is 11.9 Å². The number of hydrogen-bond acceptors (Lipinski definition) is 7. The average Bonchev–Trinajstić information content (AvgIpc) is 3.42. The molecular weight excluding hydrogens is 376 g/mol. The van der Waals surface area contributed by atoms with Gasteiger partial charge in [0, 0.05) is 12.7 Å². The molecule has 0 spiro atoms. The molecule has 10 nitrogen and oxygen atoms in total. The predicted molar refractivity (Wildman–Crippen MR) is 88.3 cm³/mol. The molecule has 0 radical (unpaired) electrons. The lowest BCUT2D eigenvalue weighted by molar-refractivity contribution is 0.116. The van der Waals surface area contributed by atoms with Crippen LogP contribution in [0.2, 0.25) is 0 Å². The van der Waals surface area contributed by atoms with Crippen molar-refractivity contribution in [2.75, 3.05) is 6.54 Å². The zero-order chi connectivity index (χ0) is 19.7. The van der Waals surface area contributed by atoms with E-state index in [0.29, 0.717) is 36.5 Å². The number of pyridine rings is 1. The van der Waals surface area contributed by atoms with Crippen LogP contribution in [0.25, 0.3) is 11.5 Å². The monoisotopic (exact) mass is 391 g/mol. The average molecular weight is 391 g/mol. The minimum Gasteiger partial charge on any atom is -0.465 e. The van der Waals surface area contributed by atoms with Crippen molar-refractivity contribution in [3.05, 3.63) is 41.8 Å². The van der Waals surface area contributed by atoms with Crippen LogP contribution in [-0.4, -0.2) is 52.8 Å². The summed E-state index contributed by atoms with van der Waals surface area (Å²) in [6.07, 6.45) is 0.851. The molecule has 12 heteroatoms. The van der Waals surface area contributed by atoms with Crippen molar-refractivity contribution in [3.63, 3.8) is 0 Å². The highest BCUT2D eigenvalue weighted by Gasteiger charge is 2.31. The lowest BCUT2D eigenvalue weighted by Gasteiger charge is -2.18. The maximum Gasteiger partial charge on any atom is 0.407 e. The van der Waals surface area contributed by atoms with E-state index in [4.69, 9.17) is 4.42 Å². The van der Waals surface area contributed by atoms with Gasteiger partial charge in [-0.2, -0.15) is 8.78 Å². The summed E-state index contributed by atoms with van der Waals surface area (Å²) in [5, 5.41) is 24.2. The van der Waals surface area contributed by atoms with Gasteiger partial charge >= 0.3 is 12.5 Å². The molecule has 1 aliphatic heterocycles. The molecular formula is C16H15F2N7O3. The summed E-state index contributed by atoms with van der Waals surface area (Å²) in [4.78, 5) is 16.9. The van der Waals surface area contributed by atoms with Crippen molar-refractivity contribution in [3.8, 4) is 11.5 Å². The van der Waals surface area contributed by atoms with E-state index in [0.717, 1.165) is 6.42 Å². The fraction of sp³-hybridized carbons (Fsp3) is 0.375. The molecule has 3 aromatic heterocycles. The molecule has 1 amide bonds. The Morgan fingerprint density at radius 1 is 1.32 bits per heavy atom. The molecule has 0 saturated carbocycles. The Balaban J connectivity index is 1.45. The topological polar surface area (TPSA) is 123 Å². The lowest BCUT2D eigenvalue weighted by atomic mass is 10.2. The van der Waals surface area contributed by atoms with Crippen LogP contribution in [0.3, 0.4) is 0 Å². The van der Waals surface area contributed by atoms with E-state index in [1.54, 1.807) is 23.0 Å². The molecule has 3 aromatic rings. The zero-order valence-electron chi connectivity index (χ0n) is 14.4. The van der Waals surface area contributed by atoms with E-state index in [1.807, 2.05) is 0 Å². The van der Waals surface area contributed by atoms with Gasteiger partial charge < -0.3 is 9.52 Å². The molecule has 1 unspecified atom stereocenters. The van der Waals surface area contributed by atoms with Crippen molar-refractivity contribution < 1.29 is 23.1 Å². The Hall–Kier alpha value is -3.44. The number of carboxylic acid groups (broad SMARTS) is 1. The quantitative estimate of drug-likeness (QED) is 0.704. The highest BCUT2D eigenvalue weighted by Crippen LogP contribution is 2.30. The van der Waals surface area contributed by atoms with Crippen LogP contribution in [0.4, 0.5) is 13.6 Å². The van der Waals surface area contributed by atoms with Gasteiger partial charge in [-0.3, -0.25) is 9.88 Å². The van der Waals surface area contributed by atoms with Gasteiger partial charge in [0.15, 0.2) is 0 Å². The minimum atomic E-state index is -2.83. The molecule has 1 atom stereocenters. The molecule has 146 valence electrons. The van der Waals surface area contributed by atoms with Crippen molar-refractivity contribution in [2.45, 2.75) is 31.9 Å². The first-order valence-electron chi connectivity index (χ1n) is 8.47. The molecule has 1 fully saturated rings. The van der Waals surface area contributed by atoms with E-state index >= 15 is 0 Å². The first-order valence-corrected chi connectivity index (χ1v) is 8.47. The van der Waals surface area contributed by atoms with Crippen LogP contribution in [0.1, 0.15) is 42.6 Å². The Kier molecular flexibility index (Phi) is 4.67. The largest absolute Gasteiger partial charge is 0.465 e. The Bertz CT molecular complexity index is 973. The normalized spacial score (nSPS) is 16.8. The Morgan fingerprint density at radius 2 is 2.18 bits per heavy atom. The zero-order valence-corrected chi connectivity index (χ0v) is 14.4. The molecule has 1 saturated heterocycles. The van der Waals surface area contributed by atoms with E-state index < -0.39 is 18.4 Å². The first-order chi connectivity index (χ1) is 13.5. The van der Waals surface area contributed by atoms with Gasteiger partial charge in [-0.1, -0.05) is 5.21 Å². The molecule has 1 aliphatic rings. The van der Waals surface area contributed by atoms with Crippen molar-refractivity contribution >= 4 is 6.09 Å². The van der Waals surface area contributed by atoms with Crippen LogP contribution in [-0.2, 0) is 6.54 Å². The number of amides is 1. The SMILES string of the molecule is O=C(O)N1CCCC1c1cn(Cc2ccc(-c3nnc(C(F)F)o3)cn2)nn1. The predicted octanol–water partition coefficient (Wildman–Crippen LogP) is 2.52. The summed E-state index contributed by atoms with van der Waals surface area (Å²) in [6.45, 7) is 0.804. The van der Waals surface area contributed by atoms with Crippen LogP contribution in [0.15, 0.2) is 28.9 Å². The summed E-state index contributed by atoms with van der Waals surface area (Å²) in [7, 11) is 0. The van der Waals surface area contributed by atoms with Crippen LogP contribution >= 0.6 is 0 Å². The third-order valence-electron chi connectivity index (χ3n) is 4.42. The fourth-order valence-corrected chi connectivity index (χ4v) is 3.10. The number of alkyl halides is 2. The standard InChI is InChI=1S/C16H15F2N7O3/c17-13(18)15-22-21-14(28-15)9-3-4-10(19-6-9)7-24-8-11(20-23-24)12-2-1-5-25(12)16(26)27/h3-4,6,8,12-13H,1-2,5,7H2,(H,26,27). The number of hydrogen-bond donors (Lipinski definition) is 1. The van der Waals surface area contributed by atoms with Gasteiger partial charge in [-0.15, -0.1) is 15.3 Å². The summed E-state index contributed by atoms with van der Waals surface area (Å²) in [5.74, 6) is -0.774. The summed E-state index contributed by atoms with van der Waals surface area (Å²) in [6, 6.07) is 3.02. The fourth-order valence-electron chi connectivity index (χ4n) is 3.10. The summed E-state index contributed by atoms with van der Waals surface area (Å²) < 4.78 is 31.5. The van der Waals surface area contributed by atoms with Crippen LogP contribution in [0, 0.1) is 0 Å². The van der Waals surface area contributed by atoms with E-state index in [2.05, 4.69) is 25.5 Å². The van der Waals surface area contributed by atoms with Crippen molar-refractivity contribution in [1.29, 1.82) is 0 Å². The second-order valence-corrected chi connectivity index (χ2v) is 6.26. The lowest BCUT2D eigenvalue weighted by Crippen LogP contribution is -2.28. The number of nitrogens with zero attached hydrogens (tertiary/aromatic N) is 7. The molecule has 0 aliphatic carbocycles. The third kappa shape index (κ3) is 3.52. The van der Waals surface area contributed by atoms with Gasteiger partial charge in [-0.05, 0) is 25.0 Å². The van der Waals surface area contributed by atoms with Gasteiger partial charge in [0.2, 0.25) is 5.89 Å². The smallest absolute Gasteiger partial charge is 0.407 e. The first kappa shape index (κ1) is 17.9. The highest BCUT2D eigenvalue weighted by atomic mass is 19.3. The maximum absolute atomic E-state index is 12.5. The molecule has 4 rings (SSSR count). The van der Waals surface area contributed by atoms with Gasteiger partial charge in [-0.25, -0.2) is 9.48 Å². The van der Waals surface area contributed by atoms with Crippen molar-refractivity contribution in [2.24, 2.45) is 0 Å². The number of likely N-dealkylation sites (tertiary alicyclic amines) is 1. The second kappa shape index (κ2) is 7.29. The highest BCUT2D eigenvalue weighted by molar-refractivity contribution is 5.66. The molecule has 28 heavy (non-hydrogen) atoms. The Labute approximate surface area is 156 Å². The van der Waals surface area contributed by atoms with Gasteiger partial charge in [0.05, 0.1) is 30.0 Å². The maximum atomic E-state index is 12.5. The number of rotatable bonds is 5. The van der Waals surface area contributed by atoms with E-state index in [1.165, 1.54) is 11.1 Å². The Morgan fingerprint density at radius 3 is 2.86 bits per heavy atom. The summed E-state index contributed by atoms with van der Waals surface area (Å²) in [5.41, 5.74) is 1.67. The minimum absolute atomic E-state index is 0.0348. The van der Waals surface area contributed by atoms with Crippen LogP contribution < -0.4 is 0 Å². The van der Waals surface area contributed by atoms with Crippen molar-refractivity contribution in [1.82, 2.24) is 35.1 Å². The third-order valence-corrected chi connectivity index (χ3v) is 4.42. The molecule has 4 heterocycles. The number of aromatic nitrogens is 6. The number of halogens is 2. The van der Waals surface area contributed by atoms with Gasteiger partial charge in [0.25, 0.3) is 5.89 Å². The summed E-state index contributed by atoms with van der Waals surface area (Å²) >= 11 is 0. The second-order valence-electron chi connectivity index (χ2n) is 6.26. The number of carbonyl (C=O) groups is 1. The van der Waals surface area contributed by atoms with Crippen LogP contribution in [0.5, 0.6) is 0 Å². The molecule has 1 N–H and O–H groups in total.